The molecule has 168 valence electrons. The highest BCUT2D eigenvalue weighted by Gasteiger charge is 2.18. The monoisotopic (exact) mass is 436 g/mol. The second kappa shape index (κ2) is 10.1. The van der Waals surface area contributed by atoms with E-state index >= 15 is 0 Å². The Morgan fingerprint density at radius 2 is 1.72 bits per heavy atom. The van der Waals surface area contributed by atoms with Crippen LogP contribution >= 0.6 is 0 Å². The minimum atomic E-state index is -0.289. The van der Waals surface area contributed by atoms with E-state index in [1.807, 2.05) is 49.4 Å². The molecular weight excluding hydrogens is 408 g/mol. The van der Waals surface area contributed by atoms with Gasteiger partial charge in [-0.25, -0.2) is 9.67 Å². The summed E-state index contributed by atoms with van der Waals surface area (Å²) in [6, 6.07) is 14.6. The Kier molecular flexibility index (Phi) is 7.21. The van der Waals surface area contributed by atoms with Crippen LogP contribution in [0.15, 0.2) is 53.3 Å². The molecule has 0 bridgehead atoms. The Morgan fingerprint density at radius 1 is 1.00 bits per heavy atom. The summed E-state index contributed by atoms with van der Waals surface area (Å²) in [6.45, 7) is 4.11. The number of carbonyl (C=O) groups excluding carboxylic acids is 2. The van der Waals surface area contributed by atoms with Crippen LogP contribution in [0.3, 0.4) is 0 Å². The van der Waals surface area contributed by atoms with E-state index in [-0.39, 0.29) is 36.0 Å². The molecule has 0 saturated heterocycles. The lowest BCUT2D eigenvalue weighted by Crippen LogP contribution is -2.33. The fraction of sp³-hybridized carbons (Fsp3) is 0.304. The van der Waals surface area contributed by atoms with Crippen LogP contribution in [0.4, 0.5) is 11.5 Å². The molecule has 0 fully saturated rings. The van der Waals surface area contributed by atoms with E-state index in [0.29, 0.717) is 18.1 Å². The first-order valence-electron chi connectivity index (χ1n) is 10.3. The lowest BCUT2D eigenvalue weighted by Gasteiger charge is -2.15. The number of hydrogen-bond acceptors (Lipinski definition) is 5. The van der Waals surface area contributed by atoms with Gasteiger partial charge in [0.25, 0.3) is 5.56 Å². The van der Waals surface area contributed by atoms with Crippen LogP contribution in [0.1, 0.15) is 17.8 Å². The molecule has 9 heteroatoms. The summed E-state index contributed by atoms with van der Waals surface area (Å²) < 4.78 is 3.23. The normalized spacial score (nSPS) is 10.9. The number of benzene rings is 1. The Bertz CT molecular complexity index is 1170. The molecule has 2 amide bonds. The summed E-state index contributed by atoms with van der Waals surface area (Å²) in [7, 11) is 3.53. The number of rotatable bonds is 8. The number of hydrogen-bond donors (Lipinski definition) is 2. The summed E-state index contributed by atoms with van der Waals surface area (Å²) in [6.07, 6.45) is 0.144. The number of pyridine rings is 1. The van der Waals surface area contributed by atoms with Gasteiger partial charge in [0, 0.05) is 25.7 Å². The fourth-order valence-electron chi connectivity index (χ4n) is 3.33. The summed E-state index contributed by atoms with van der Waals surface area (Å²) in [5, 5.41) is 5.48. The van der Waals surface area contributed by atoms with Crippen molar-refractivity contribution in [1.29, 1.82) is 0 Å². The number of aryl methyl sites for hydroxylation is 1. The van der Waals surface area contributed by atoms with Crippen LogP contribution in [0.5, 0.6) is 0 Å². The van der Waals surface area contributed by atoms with Crippen molar-refractivity contribution in [1.82, 2.24) is 19.2 Å². The van der Waals surface area contributed by atoms with E-state index in [9.17, 15) is 14.4 Å². The first-order chi connectivity index (χ1) is 15.3. The summed E-state index contributed by atoms with van der Waals surface area (Å²) >= 11 is 0. The zero-order valence-electron chi connectivity index (χ0n) is 18.8. The average Bonchev–Trinajstić information content (AvgIpc) is 2.96. The van der Waals surface area contributed by atoms with Crippen molar-refractivity contribution < 1.29 is 9.59 Å². The lowest BCUT2D eigenvalue weighted by molar-refractivity contribution is -0.119. The molecule has 2 aromatic heterocycles. The van der Waals surface area contributed by atoms with Crippen LogP contribution in [-0.4, -0.2) is 51.2 Å². The van der Waals surface area contributed by atoms with Gasteiger partial charge in [-0.15, -0.1) is 0 Å². The van der Waals surface area contributed by atoms with Crippen LogP contribution in [0.2, 0.25) is 0 Å². The van der Waals surface area contributed by atoms with Gasteiger partial charge in [-0.3, -0.25) is 24.0 Å². The smallest absolute Gasteiger partial charge is 0.295 e. The molecule has 0 aliphatic heterocycles. The number of aromatic nitrogens is 3. The number of amides is 2. The number of likely N-dealkylation sites (N-methyl/N-ethyl adjacent to an activating group) is 1. The highest BCUT2D eigenvalue weighted by atomic mass is 16.2. The molecule has 0 atom stereocenters. The molecule has 0 saturated carbocycles. The van der Waals surface area contributed by atoms with Gasteiger partial charge >= 0.3 is 0 Å². The number of nitrogens with zero attached hydrogens (tertiary/aromatic N) is 4. The first-order valence-corrected chi connectivity index (χ1v) is 10.3. The summed E-state index contributed by atoms with van der Waals surface area (Å²) in [5.74, 6) is -0.00493. The molecular formula is C23H28N6O3. The Balaban J connectivity index is 1.56. The largest absolute Gasteiger partial charge is 0.320 e. The molecule has 0 spiro atoms. The second-order valence-corrected chi connectivity index (χ2v) is 7.68. The Labute approximate surface area is 186 Å². The van der Waals surface area contributed by atoms with Crippen LogP contribution in [0, 0.1) is 13.8 Å². The Hall–Kier alpha value is -3.72. The maximum atomic E-state index is 12.9. The Morgan fingerprint density at radius 3 is 2.41 bits per heavy atom. The van der Waals surface area contributed by atoms with Gasteiger partial charge in [0.05, 0.1) is 17.9 Å². The van der Waals surface area contributed by atoms with Crippen molar-refractivity contribution in [3.05, 3.63) is 70.3 Å². The number of anilines is 2. The van der Waals surface area contributed by atoms with Crippen LogP contribution < -0.4 is 16.2 Å². The molecule has 0 aliphatic rings. The molecule has 3 rings (SSSR count). The molecule has 2 heterocycles. The van der Waals surface area contributed by atoms with Crippen molar-refractivity contribution in [2.75, 3.05) is 30.8 Å². The molecule has 3 aromatic rings. The minimum absolute atomic E-state index is 0.119. The quantitative estimate of drug-likeness (QED) is 0.563. The highest BCUT2D eigenvalue weighted by molar-refractivity contribution is 5.92. The fourth-order valence-corrected chi connectivity index (χ4v) is 3.33. The molecule has 32 heavy (non-hydrogen) atoms. The predicted molar refractivity (Wildman–Crippen MR) is 124 cm³/mol. The van der Waals surface area contributed by atoms with Gasteiger partial charge in [0.1, 0.15) is 11.5 Å². The minimum Gasteiger partial charge on any atom is -0.320 e. The van der Waals surface area contributed by atoms with Gasteiger partial charge in [0.2, 0.25) is 11.8 Å². The third-order valence-electron chi connectivity index (χ3n) is 5.11. The summed E-state index contributed by atoms with van der Waals surface area (Å²) in [4.78, 5) is 43.5. The third-order valence-corrected chi connectivity index (χ3v) is 5.11. The maximum absolute atomic E-state index is 12.9. The number of nitrogens with one attached hydrogen (secondary N) is 2. The SMILES string of the molecule is Cc1cccc(NC(=O)CN(C)CCC(=O)Nc2c(C)n(C)n(-c3ccccc3)c2=O)n1. The second-order valence-electron chi connectivity index (χ2n) is 7.68. The molecule has 0 unspecified atom stereocenters. The van der Waals surface area contributed by atoms with E-state index in [2.05, 4.69) is 15.6 Å². The lowest BCUT2D eigenvalue weighted by atomic mass is 10.3. The predicted octanol–water partition coefficient (Wildman–Crippen LogP) is 2.09. The van der Waals surface area contributed by atoms with Crippen molar-refractivity contribution >= 4 is 23.3 Å². The van der Waals surface area contributed by atoms with Crippen LogP contribution in [0.25, 0.3) is 5.69 Å². The number of para-hydroxylation sites is 1. The zero-order valence-corrected chi connectivity index (χ0v) is 18.8. The van der Waals surface area contributed by atoms with E-state index in [0.717, 1.165) is 11.4 Å². The topological polar surface area (TPSA) is 101 Å². The highest BCUT2D eigenvalue weighted by Crippen LogP contribution is 2.14. The van der Waals surface area contributed by atoms with Crippen molar-refractivity contribution in [3.8, 4) is 5.69 Å². The summed E-state index contributed by atoms with van der Waals surface area (Å²) in [5.41, 5.74) is 2.16. The maximum Gasteiger partial charge on any atom is 0.295 e. The van der Waals surface area contributed by atoms with E-state index < -0.39 is 0 Å². The van der Waals surface area contributed by atoms with Crippen LogP contribution in [-0.2, 0) is 16.6 Å². The van der Waals surface area contributed by atoms with Gasteiger partial charge in [-0.1, -0.05) is 24.3 Å². The number of carbonyl (C=O) groups is 2. The van der Waals surface area contributed by atoms with Crippen molar-refractivity contribution in [2.24, 2.45) is 7.05 Å². The van der Waals surface area contributed by atoms with E-state index in [1.165, 1.54) is 4.68 Å². The zero-order chi connectivity index (χ0) is 23.3. The molecule has 0 aliphatic carbocycles. The standard InChI is InChI=1S/C23H28N6O3/c1-16-9-8-12-19(24-16)25-21(31)15-27(3)14-13-20(30)26-22-17(2)28(4)29(23(22)32)18-10-6-5-7-11-18/h5-12H,13-15H2,1-4H3,(H,26,30)(H,24,25,31). The molecule has 2 N–H and O–H groups in total. The van der Waals surface area contributed by atoms with Crippen molar-refractivity contribution in [3.63, 3.8) is 0 Å². The molecule has 0 radical (unpaired) electrons. The third kappa shape index (κ3) is 5.50. The first kappa shape index (κ1) is 23.0. The van der Waals surface area contributed by atoms with Gasteiger partial charge in [0.15, 0.2) is 0 Å². The van der Waals surface area contributed by atoms with Gasteiger partial charge < -0.3 is 10.6 Å². The van der Waals surface area contributed by atoms with E-state index in [4.69, 9.17) is 0 Å². The molecule has 9 nitrogen and oxygen atoms in total. The van der Waals surface area contributed by atoms with Gasteiger partial charge in [-0.05, 0) is 45.2 Å². The van der Waals surface area contributed by atoms with E-state index in [1.54, 1.807) is 36.7 Å². The van der Waals surface area contributed by atoms with Crippen molar-refractivity contribution in [2.45, 2.75) is 20.3 Å². The van der Waals surface area contributed by atoms with Gasteiger partial charge in [-0.2, -0.15) is 0 Å². The molecule has 1 aromatic carbocycles. The average molecular weight is 437 g/mol.